The van der Waals surface area contributed by atoms with Crippen LogP contribution >= 0.6 is 11.6 Å². The molecular weight excluding hydrogens is 314 g/mol. The maximum absolute atomic E-state index is 6.46. The lowest BCUT2D eigenvalue weighted by molar-refractivity contribution is 0.435. The van der Waals surface area contributed by atoms with Gasteiger partial charge in [0.05, 0.1) is 17.5 Å². The molecule has 0 bridgehead atoms. The molecule has 118 valence electrons. The Morgan fingerprint density at radius 3 is 2.74 bits per heavy atom. The molecular formula is C15H16ClN7. The second-order valence-electron chi connectivity index (χ2n) is 5.83. The van der Waals surface area contributed by atoms with Gasteiger partial charge >= 0.3 is 0 Å². The van der Waals surface area contributed by atoms with Gasteiger partial charge in [0.2, 0.25) is 0 Å². The van der Waals surface area contributed by atoms with Crippen LogP contribution in [-0.2, 0) is 0 Å². The molecule has 23 heavy (non-hydrogen) atoms. The number of halogens is 1. The normalized spacial score (nSPS) is 16.2. The number of piperidine rings is 1. The van der Waals surface area contributed by atoms with E-state index in [1.807, 2.05) is 0 Å². The van der Waals surface area contributed by atoms with E-state index < -0.39 is 0 Å². The Labute approximate surface area is 138 Å². The largest absolute Gasteiger partial charge is 0.356 e. The fourth-order valence-corrected chi connectivity index (χ4v) is 3.22. The molecule has 1 saturated heterocycles. The van der Waals surface area contributed by atoms with Crippen LogP contribution in [0.5, 0.6) is 0 Å². The Morgan fingerprint density at radius 1 is 1.17 bits per heavy atom. The van der Waals surface area contributed by atoms with Crippen molar-refractivity contribution >= 4 is 23.2 Å². The minimum atomic E-state index is 0.375. The zero-order valence-corrected chi connectivity index (χ0v) is 13.5. The highest BCUT2D eigenvalue weighted by molar-refractivity contribution is 6.32. The first-order valence-electron chi connectivity index (χ1n) is 7.64. The number of hydrogen-bond acceptors (Lipinski definition) is 6. The molecule has 4 heterocycles. The fraction of sp³-hybridized carbons (Fsp3) is 0.400. The Morgan fingerprint density at radius 2 is 2.00 bits per heavy atom. The number of aromatic nitrogens is 6. The number of fused-ring (bicyclic) bond motifs is 1. The lowest BCUT2D eigenvalue weighted by Gasteiger charge is -2.33. The van der Waals surface area contributed by atoms with Crippen molar-refractivity contribution in [2.75, 3.05) is 18.0 Å². The van der Waals surface area contributed by atoms with Gasteiger partial charge in [-0.25, -0.2) is 0 Å². The highest BCUT2D eigenvalue weighted by Gasteiger charge is 2.25. The summed E-state index contributed by atoms with van der Waals surface area (Å²) >= 11 is 6.46. The Bertz CT molecular complexity index is 824. The van der Waals surface area contributed by atoms with E-state index in [1.54, 1.807) is 23.1 Å². The van der Waals surface area contributed by atoms with Gasteiger partial charge in [-0.15, -0.1) is 0 Å². The summed E-state index contributed by atoms with van der Waals surface area (Å²) in [5.74, 6) is 2.12. The minimum Gasteiger partial charge on any atom is -0.356 e. The number of nitrogens with zero attached hydrogens (tertiary/aromatic N) is 7. The first-order chi connectivity index (χ1) is 11.2. The summed E-state index contributed by atoms with van der Waals surface area (Å²) < 4.78 is 1.74. The Balaban J connectivity index is 1.94. The van der Waals surface area contributed by atoms with E-state index in [9.17, 15) is 0 Å². The number of rotatable bonds is 2. The molecule has 0 aromatic carbocycles. The van der Waals surface area contributed by atoms with E-state index >= 15 is 0 Å². The van der Waals surface area contributed by atoms with Gasteiger partial charge in [-0.05, 0) is 18.8 Å². The lowest BCUT2D eigenvalue weighted by Crippen LogP contribution is -2.35. The van der Waals surface area contributed by atoms with Crippen LogP contribution in [0.2, 0.25) is 5.15 Å². The molecule has 0 N–H and O–H groups in total. The standard InChI is InChI=1S/C15H16ClN7/c1-10-2-6-22(7-3-10)14-12(11-8-17-4-5-18-11)13(16)21-15-19-9-20-23(14)15/h4-5,8-10H,2-3,6-7H2,1H3. The van der Waals surface area contributed by atoms with Crippen molar-refractivity contribution in [2.45, 2.75) is 19.8 Å². The first-order valence-corrected chi connectivity index (χ1v) is 8.02. The van der Waals surface area contributed by atoms with E-state index in [0.29, 0.717) is 16.6 Å². The van der Waals surface area contributed by atoms with Crippen LogP contribution in [0, 0.1) is 5.92 Å². The highest BCUT2D eigenvalue weighted by Crippen LogP contribution is 2.36. The molecule has 0 aliphatic carbocycles. The second-order valence-corrected chi connectivity index (χ2v) is 6.19. The van der Waals surface area contributed by atoms with Gasteiger partial charge < -0.3 is 4.90 Å². The molecule has 8 heteroatoms. The van der Waals surface area contributed by atoms with Gasteiger partial charge in [-0.3, -0.25) is 9.97 Å². The smallest absolute Gasteiger partial charge is 0.255 e. The quantitative estimate of drug-likeness (QED) is 0.672. The molecule has 4 rings (SSSR count). The third-order valence-corrected chi connectivity index (χ3v) is 4.53. The maximum Gasteiger partial charge on any atom is 0.255 e. The minimum absolute atomic E-state index is 0.375. The molecule has 1 aliphatic heterocycles. The van der Waals surface area contributed by atoms with Crippen LogP contribution in [0.15, 0.2) is 24.9 Å². The summed E-state index contributed by atoms with van der Waals surface area (Å²) in [7, 11) is 0. The molecule has 0 amide bonds. The molecule has 1 fully saturated rings. The first kappa shape index (κ1) is 14.3. The van der Waals surface area contributed by atoms with Crippen molar-refractivity contribution in [1.82, 2.24) is 29.5 Å². The van der Waals surface area contributed by atoms with Gasteiger partial charge in [0.25, 0.3) is 5.78 Å². The summed E-state index contributed by atoms with van der Waals surface area (Å²) in [5, 5.41) is 4.71. The van der Waals surface area contributed by atoms with E-state index in [0.717, 1.165) is 43.2 Å². The van der Waals surface area contributed by atoms with Crippen molar-refractivity contribution in [1.29, 1.82) is 0 Å². The average molecular weight is 330 g/mol. The topological polar surface area (TPSA) is 72.1 Å². The van der Waals surface area contributed by atoms with Gasteiger partial charge in [0, 0.05) is 25.5 Å². The van der Waals surface area contributed by atoms with Crippen molar-refractivity contribution in [3.05, 3.63) is 30.1 Å². The Hall–Kier alpha value is -2.28. The van der Waals surface area contributed by atoms with Crippen LogP contribution < -0.4 is 4.90 Å². The Kier molecular flexibility index (Phi) is 3.57. The SMILES string of the molecule is CC1CCN(c2c(-c3cnccn3)c(Cl)nc3ncnn23)CC1. The van der Waals surface area contributed by atoms with E-state index in [4.69, 9.17) is 11.6 Å². The average Bonchev–Trinajstić information content (AvgIpc) is 3.03. The van der Waals surface area contributed by atoms with Gasteiger partial charge in [-0.2, -0.15) is 19.6 Å². The van der Waals surface area contributed by atoms with Crippen molar-refractivity contribution in [3.63, 3.8) is 0 Å². The predicted octanol–water partition coefficient (Wildman–Crippen LogP) is 2.47. The zero-order chi connectivity index (χ0) is 15.8. The fourth-order valence-electron chi connectivity index (χ4n) is 2.96. The molecule has 0 radical (unpaired) electrons. The van der Waals surface area contributed by atoms with E-state index in [1.165, 1.54) is 6.33 Å². The van der Waals surface area contributed by atoms with E-state index in [2.05, 4.69) is 36.9 Å². The molecule has 0 saturated carbocycles. The molecule has 3 aromatic rings. The predicted molar refractivity (Wildman–Crippen MR) is 87.4 cm³/mol. The van der Waals surface area contributed by atoms with Crippen LogP contribution in [0.1, 0.15) is 19.8 Å². The van der Waals surface area contributed by atoms with Crippen LogP contribution in [0.3, 0.4) is 0 Å². The van der Waals surface area contributed by atoms with Gasteiger partial charge in [0.1, 0.15) is 17.3 Å². The molecule has 0 atom stereocenters. The molecule has 1 aliphatic rings. The number of hydrogen-bond donors (Lipinski definition) is 0. The summed E-state index contributed by atoms with van der Waals surface area (Å²) in [4.78, 5) is 19.4. The molecule has 7 nitrogen and oxygen atoms in total. The monoisotopic (exact) mass is 329 g/mol. The lowest BCUT2D eigenvalue weighted by atomic mass is 9.99. The van der Waals surface area contributed by atoms with Crippen LogP contribution in [0.4, 0.5) is 5.82 Å². The van der Waals surface area contributed by atoms with Crippen LogP contribution in [-0.4, -0.2) is 42.6 Å². The van der Waals surface area contributed by atoms with Gasteiger partial charge in [-0.1, -0.05) is 18.5 Å². The summed E-state index contributed by atoms with van der Waals surface area (Å²) in [5.41, 5.74) is 1.45. The summed E-state index contributed by atoms with van der Waals surface area (Å²) in [6, 6.07) is 0. The van der Waals surface area contributed by atoms with E-state index in [-0.39, 0.29) is 0 Å². The zero-order valence-electron chi connectivity index (χ0n) is 12.7. The van der Waals surface area contributed by atoms with Gasteiger partial charge in [0.15, 0.2) is 0 Å². The van der Waals surface area contributed by atoms with Crippen molar-refractivity contribution in [2.24, 2.45) is 5.92 Å². The number of anilines is 1. The van der Waals surface area contributed by atoms with Crippen molar-refractivity contribution in [3.8, 4) is 11.3 Å². The maximum atomic E-state index is 6.46. The molecule has 3 aromatic heterocycles. The third-order valence-electron chi connectivity index (χ3n) is 4.26. The summed E-state index contributed by atoms with van der Waals surface area (Å²) in [6.07, 6.45) is 8.75. The summed E-state index contributed by atoms with van der Waals surface area (Å²) in [6.45, 7) is 4.18. The third kappa shape index (κ3) is 2.50. The highest BCUT2D eigenvalue weighted by atomic mass is 35.5. The molecule has 0 spiro atoms. The molecule has 0 unspecified atom stereocenters. The van der Waals surface area contributed by atoms with Crippen LogP contribution in [0.25, 0.3) is 17.0 Å². The van der Waals surface area contributed by atoms with Crippen molar-refractivity contribution < 1.29 is 0 Å². The second kappa shape index (κ2) is 5.73.